The second kappa shape index (κ2) is 9.90. The summed E-state index contributed by atoms with van der Waals surface area (Å²) >= 11 is 0. The van der Waals surface area contributed by atoms with E-state index in [0.29, 0.717) is 6.04 Å². The summed E-state index contributed by atoms with van der Waals surface area (Å²) in [5, 5.41) is 0. The van der Waals surface area contributed by atoms with E-state index in [2.05, 4.69) is 83.4 Å². The maximum atomic E-state index is 2.84. The van der Waals surface area contributed by atoms with E-state index in [0.717, 1.165) is 13.1 Å². The summed E-state index contributed by atoms with van der Waals surface area (Å²) in [6, 6.07) is 0.704. The van der Waals surface area contributed by atoms with Gasteiger partial charge in [0.2, 0.25) is 0 Å². The number of rotatable bonds is 5. The normalized spacial score (nSPS) is 14.9. The third kappa shape index (κ3) is 4.73. The molecule has 2 aromatic rings. The van der Waals surface area contributed by atoms with Crippen LogP contribution >= 0.6 is 0 Å². The molecule has 3 rings (SSSR count). The van der Waals surface area contributed by atoms with Crippen molar-refractivity contribution in [3.05, 3.63) is 11.1 Å². The molecule has 0 aromatic heterocycles. The molecule has 2 aromatic carbocycles. The number of hydrogen-bond acceptors (Lipinski definition) is 1. The Hall–Kier alpha value is -0.951. The molecule has 1 fully saturated rings. The average molecular weight is 398 g/mol. The summed E-state index contributed by atoms with van der Waals surface area (Å²) in [6.07, 6.45) is 6.88. The summed E-state index contributed by atoms with van der Waals surface area (Å²) in [4.78, 5) is 2.84. The van der Waals surface area contributed by atoms with Gasteiger partial charge in [-0.05, 0) is 24.0 Å². The highest BCUT2D eigenvalue weighted by atomic mass is 15.2. The average Bonchev–Trinajstić information content (AvgIpc) is 2.78. The molecule has 11 heteroatoms. The summed E-state index contributed by atoms with van der Waals surface area (Å²) < 4.78 is 0. The van der Waals surface area contributed by atoms with E-state index in [9.17, 15) is 0 Å². The first-order valence-corrected chi connectivity index (χ1v) is 12.4. The van der Waals surface area contributed by atoms with E-state index in [4.69, 9.17) is 0 Å². The summed E-state index contributed by atoms with van der Waals surface area (Å²) in [7, 11) is 23.2. The Balaban J connectivity index is 2.06. The van der Waals surface area contributed by atoms with E-state index in [1.807, 2.05) is 0 Å². The molecule has 0 radical (unpaired) electrons. The van der Waals surface area contributed by atoms with Gasteiger partial charge in [-0.1, -0.05) is 41.1 Å². The lowest BCUT2D eigenvalue weighted by molar-refractivity contribution is 0.141. The van der Waals surface area contributed by atoms with Crippen LogP contribution in [-0.4, -0.2) is 89.4 Å². The predicted molar refractivity (Wildman–Crippen MR) is 171 cm³/mol. The number of benzene rings is 2. The highest BCUT2D eigenvalue weighted by Gasteiger charge is 2.25. The van der Waals surface area contributed by atoms with Gasteiger partial charge in [-0.3, -0.25) is 4.90 Å². The van der Waals surface area contributed by atoms with Crippen LogP contribution in [0.4, 0.5) is 0 Å². The van der Waals surface area contributed by atoms with Crippen molar-refractivity contribution in [1.82, 2.24) is 4.90 Å². The molecule has 1 saturated carbocycles. The van der Waals surface area contributed by atoms with Crippen molar-refractivity contribution < 1.29 is 0 Å². The van der Waals surface area contributed by atoms with Crippen LogP contribution in [0.25, 0.3) is 0 Å². The van der Waals surface area contributed by atoms with E-state index in [1.165, 1.54) is 86.7 Å². The Morgan fingerprint density at radius 3 is 1.06 bits per heavy atom. The minimum atomic E-state index is 0.704. The maximum absolute atomic E-state index is 2.84. The van der Waals surface area contributed by atoms with Crippen molar-refractivity contribution in [1.29, 1.82) is 0 Å². The molecule has 0 heterocycles. The minimum Gasteiger partial charge on any atom is -0.292 e. The summed E-state index contributed by atoms with van der Waals surface area (Å²) in [5.41, 5.74) is 18.0. The van der Waals surface area contributed by atoms with Crippen molar-refractivity contribution in [3.8, 4) is 0 Å². The van der Waals surface area contributed by atoms with E-state index < -0.39 is 0 Å². The minimum absolute atomic E-state index is 0.704. The maximum Gasteiger partial charge on any atom is 0.138 e. The molecule has 1 nitrogen and oxygen atoms in total. The molecule has 0 bridgehead atoms. The van der Waals surface area contributed by atoms with Crippen molar-refractivity contribution >= 4 is 133 Å². The molecule has 1 aliphatic carbocycles. The third-order valence-electron chi connectivity index (χ3n) is 9.12. The Morgan fingerprint density at radius 2 is 0.742 bits per heavy atom. The highest BCUT2D eigenvalue weighted by molar-refractivity contribution is 6.68. The van der Waals surface area contributed by atoms with Crippen molar-refractivity contribution in [2.24, 2.45) is 0 Å². The first-order valence-electron chi connectivity index (χ1n) is 12.4. The molecular formula is C20H35B10N. The van der Waals surface area contributed by atoms with Gasteiger partial charge in [-0.2, -0.15) is 0 Å². The van der Waals surface area contributed by atoms with Crippen molar-refractivity contribution in [2.75, 3.05) is 0 Å². The lowest BCUT2D eigenvalue weighted by atomic mass is 9.60. The molecule has 0 amide bonds. The Morgan fingerprint density at radius 1 is 0.452 bits per heavy atom. The zero-order valence-electron chi connectivity index (χ0n) is 22.0. The van der Waals surface area contributed by atoms with E-state index in [1.54, 1.807) is 11.1 Å². The molecule has 0 atom stereocenters. The molecule has 150 valence electrons. The molecule has 0 spiro atoms. The fourth-order valence-corrected chi connectivity index (χ4v) is 5.80. The fourth-order valence-electron chi connectivity index (χ4n) is 5.80. The largest absolute Gasteiger partial charge is 0.292 e. The van der Waals surface area contributed by atoms with Crippen molar-refractivity contribution in [2.45, 2.75) is 51.2 Å². The van der Waals surface area contributed by atoms with Crippen LogP contribution in [-0.2, 0) is 13.1 Å². The standard InChI is InChI=1S/C20H35B10N/c21-11-9(12(22)16(26)19(29)15(11)25)6-31(8-4-2-1-3-5-8)7-10-13(23)17(27)20(30)18(28)14(10)24/h8H,1-7,21-30H2. The van der Waals surface area contributed by atoms with Crippen LogP contribution in [0.2, 0.25) is 0 Å². The van der Waals surface area contributed by atoms with Crippen LogP contribution < -0.4 is 54.6 Å². The van der Waals surface area contributed by atoms with E-state index in [-0.39, 0.29) is 0 Å². The van der Waals surface area contributed by atoms with Crippen LogP contribution in [0.15, 0.2) is 0 Å². The van der Waals surface area contributed by atoms with Crippen LogP contribution in [0.3, 0.4) is 0 Å². The van der Waals surface area contributed by atoms with Gasteiger partial charge < -0.3 is 0 Å². The SMILES string of the molecule is Bc1c(B)c(B)c(CN(Cc2c(B)c(B)c(B)c(B)c2B)C2CCCCC2)c(B)c1B. The van der Waals surface area contributed by atoms with Gasteiger partial charge in [0.25, 0.3) is 0 Å². The second-order valence-corrected chi connectivity index (χ2v) is 10.4. The molecule has 0 unspecified atom stereocenters. The third-order valence-corrected chi connectivity index (χ3v) is 9.12. The fraction of sp³-hybridized carbons (Fsp3) is 0.400. The molecule has 1 aliphatic rings. The summed E-state index contributed by atoms with van der Waals surface area (Å²) in [6.45, 7) is 2.16. The smallest absolute Gasteiger partial charge is 0.138 e. The van der Waals surface area contributed by atoms with Gasteiger partial charge in [0.15, 0.2) is 0 Å². The van der Waals surface area contributed by atoms with Gasteiger partial charge in [0.1, 0.15) is 78.5 Å². The van der Waals surface area contributed by atoms with Crippen LogP contribution in [0, 0.1) is 0 Å². The highest BCUT2D eigenvalue weighted by Crippen LogP contribution is 2.24. The van der Waals surface area contributed by atoms with Crippen LogP contribution in [0.1, 0.15) is 43.2 Å². The molecule has 0 aliphatic heterocycles. The Labute approximate surface area is 200 Å². The predicted octanol–water partition coefficient (Wildman–Crippen LogP) is -12.4. The lowest BCUT2D eigenvalue weighted by Crippen LogP contribution is -2.58. The summed E-state index contributed by atoms with van der Waals surface area (Å²) in [5.74, 6) is 0. The monoisotopic (exact) mass is 399 g/mol. The number of nitrogens with zero attached hydrogens (tertiary/aromatic N) is 1. The van der Waals surface area contributed by atoms with Gasteiger partial charge in [-0.15, -0.1) is 32.8 Å². The topological polar surface area (TPSA) is 3.24 Å². The zero-order valence-corrected chi connectivity index (χ0v) is 22.0. The first-order chi connectivity index (χ1) is 14.6. The van der Waals surface area contributed by atoms with Crippen LogP contribution in [0.5, 0.6) is 0 Å². The zero-order chi connectivity index (χ0) is 23.0. The molecule has 31 heavy (non-hydrogen) atoms. The Kier molecular flexibility index (Phi) is 7.88. The van der Waals surface area contributed by atoms with Gasteiger partial charge in [-0.25, -0.2) is 0 Å². The molecule has 0 saturated heterocycles. The first kappa shape index (κ1) is 24.7. The van der Waals surface area contributed by atoms with Gasteiger partial charge >= 0.3 is 0 Å². The van der Waals surface area contributed by atoms with Crippen molar-refractivity contribution in [3.63, 3.8) is 0 Å². The molecule has 0 N–H and O–H groups in total. The lowest BCUT2D eigenvalue weighted by Gasteiger charge is -2.37. The number of hydrogen-bond donors (Lipinski definition) is 0. The van der Waals surface area contributed by atoms with Gasteiger partial charge in [0.05, 0.1) is 0 Å². The quantitative estimate of drug-likeness (QED) is 0.453. The van der Waals surface area contributed by atoms with Gasteiger partial charge in [0, 0.05) is 19.1 Å². The Bertz CT molecular complexity index is 871. The molecular weight excluding hydrogens is 362 g/mol. The second-order valence-electron chi connectivity index (χ2n) is 10.4. The van der Waals surface area contributed by atoms with E-state index >= 15 is 0 Å².